The van der Waals surface area contributed by atoms with E-state index in [4.69, 9.17) is 15.5 Å². The average molecular weight is 451 g/mol. The quantitative estimate of drug-likeness (QED) is 0.500. The van der Waals surface area contributed by atoms with Gasteiger partial charge in [-0.15, -0.1) is 0 Å². The van der Waals surface area contributed by atoms with Crippen LogP contribution in [0, 0.1) is 11.6 Å². The molecule has 0 atom stereocenters. The number of anilines is 1. The molecule has 33 heavy (non-hydrogen) atoms. The van der Waals surface area contributed by atoms with Crippen LogP contribution in [0.15, 0.2) is 36.5 Å². The van der Waals surface area contributed by atoms with E-state index in [2.05, 4.69) is 9.88 Å². The molecule has 170 valence electrons. The Kier molecular flexibility index (Phi) is 5.41. The third kappa shape index (κ3) is 3.68. The van der Waals surface area contributed by atoms with Crippen LogP contribution in [-0.4, -0.2) is 46.7 Å². The maximum Gasteiger partial charge on any atom is 0.251 e. The molecule has 0 saturated carbocycles. The summed E-state index contributed by atoms with van der Waals surface area (Å²) in [5, 5.41) is 0.323. The Morgan fingerprint density at radius 2 is 1.94 bits per heavy atom. The number of hydrogen-bond donors (Lipinski definition) is 1. The molecule has 0 spiro atoms. The zero-order chi connectivity index (χ0) is 23.1. The number of aryl methyl sites for hydroxylation is 1. The van der Waals surface area contributed by atoms with Gasteiger partial charge in [0.1, 0.15) is 22.7 Å². The summed E-state index contributed by atoms with van der Waals surface area (Å²) in [6.07, 6.45) is 2.87. The maximum atomic E-state index is 14.5. The molecule has 0 aliphatic carbocycles. The van der Waals surface area contributed by atoms with E-state index < -0.39 is 17.5 Å². The molecule has 7 nitrogen and oxygen atoms in total. The Morgan fingerprint density at radius 3 is 2.67 bits per heavy atom. The number of aromatic nitrogens is 3. The van der Waals surface area contributed by atoms with Gasteiger partial charge in [0.2, 0.25) is 0 Å². The predicted molar refractivity (Wildman–Crippen MR) is 122 cm³/mol. The van der Waals surface area contributed by atoms with Crippen molar-refractivity contribution in [1.82, 2.24) is 14.5 Å². The smallest absolute Gasteiger partial charge is 0.251 e. The summed E-state index contributed by atoms with van der Waals surface area (Å²) >= 11 is 0. The summed E-state index contributed by atoms with van der Waals surface area (Å²) in [7, 11) is 0. The lowest BCUT2D eigenvalue weighted by Gasteiger charge is -2.29. The summed E-state index contributed by atoms with van der Waals surface area (Å²) < 4.78 is 36.0. The normalized spacial score (nSPS) is 14.3. The van der Waals surface area contributed by atoms with Crippen molar-refractivity contribution in [2.45, 2.75) is 19.8 Å². The second kappa shape index (κ2) is 8.40. The molecule has 3 heterocycles. The van der Waals surface area contributed by atoms with E-state index in [0.717, 1.165) is 18.2 Å². The van der Waals surface area contributed by atoms with Gasteiger partial charge in [-0.05, 0) is 30.7 Å². The predicted octanol–water partition coefficient (Wildman–Crippen LogP) is 3.74. The molecule has 1 aliphatic rings. The highest BCUT2D eigenvalue weighted by Crippen LogP contribution is 2.33. The van der Waals surface area contributed by atoms with E-state index in [1.165, 1.54) is 12.3 Å². The van der Waals surface area contributed by atoms with Gasteiger partial charge in [0, 0.05) is 42.8 Å². The molecule has 1 fully saturated rings. The first kappa shape index (κ1) is 21.3. The molecule has 5 rings (SSSR count). The molecule has 2 N–H and O–H groups in total. The van der Waals surface area contributed by atoms with E-state index >= 15 is 0 Å². The van der Waals surface area contributed by atoms with Crippen molar-refractivity contribution < 1.29 is 18.3 Å². The molecule has 2 aromatic heterocycles. The molecule has 1 aliphatic heterocycles. The molecule has 0 unspecified atom stereocenters. The van der Waals surface area contributed by atoms with E-state index in [1.807, 2.05) is 17.6 Å². The molecule has 1 amide bonds. The van der Waals surface area contributed by atoms with Crippen molar-refractivity contribution in [3.63, 3.8) is 0 Å². The SMILES string of the molecule is CCCc1nc2c(C(N)=O)cc(N3CCOCC3)cc2n1-c1ccnc2c(F)cc(F)cc12. The fourth-order valence-electron chi connectivity index (χ4n) is 4.42. The average Bonchev–Trinajstić information content (AvgIpc) is 3.16. The van der Waals surface area contributed by atoms with Crippen molar-refractivity contribution in [1.29, 1.82) is 0 Å². The van der Waals surface area contributed by atoms with Crippen LogP contribution in [0.4, 0.5) is 14.5 Å². The lowest BCUT2D eigenvalue weighted by Crippen LogP contribution is -2.36. The van der Waals surface area contributed by atoms with Crippen LogP contribution in [0.2, 0.25) is 0 Å². The number of benzene rings is 2. The first-order chi connectivity index (χ1) is 16.0. The van der Waals surface area contributed by atoms with Gasteiger partial charge in [-0.2, -0.15) is 0 Å². The van der Waals surface area contributed by atoms with Crippen molar-refractivity contribution in [3.8, 4) is 5.69 Å². The van der Waals surface area contributed by atoms with Crippen molar-refractivity contribution >= 4 is 33.5 Å². The van der Waals surface area contributed by atoms with Crippen molar-refractivity contribution in [2.75, 3.05) is 31.2 Å². The van der Waals surface area contributed by atoms with Crippen LogP contribution in [0.1, 0.15) is 29.5 Å². The molecule has 0 radical (unpaired) electrons. The Morgan fingerprint density at radius 1 is 1.15 bits per heavy atom. The van der Waals surface area contributed by atoms with E-state index in [9.17, 15) is 13.6 Å². The number of amides is 1. The van der Waals surface area contributed by atoms with Gasteiger partial charge in [-0.3, -0.25) is 14.3 Å². The number of hydrogen-bond acceptors (Lipinski definition) is 5. The van der Waals surface area contributed by atoms with Gasteiger partial charge in [0.25, 0.3) is 5.91 Å². The zero-order valence-electron chi connectivity index (χ0n) is 18.1. The highest BCUT2D eigenvalue weighted by Gasteiger charge is 2.23. The highest BCUT2D eigenvalue weighted by molar-refractivity contribution is 6.06. The number of fused-ring (bicyclic) bond motifs is 2. The standard InChI is InChI=1S/C24H23F2N5O2/c1-2-3-21-29-23-17(24(27)32)12-15(30-6-8-33-9-7-30)13-20(23)31(21)19-4-5-28-22-16(19)10-14(25)11-18(22)26/h4-5,10-13H,2-3,6-9H2,1H3,(H2,27,32). The minimum atomic E-state index is -0.736. The van der Waals surface area contributed by atoms with Gasteiger partial charge < -0.3 is 15.4 Å². The summed E-state index contributed by atoms with van der Waals surface area (Å²) in [6, 6.07) is 7.49. The number of nitrogens with two attached hydrogens (primary N) is 1. The molecule has 4 aromatic rings. The van der Waals surface area contributed by atoms with Gasteiger partial charge in [0.05, 0.1) is 30.0 Å². The van der Waals surface area contributed by atoms with Crippen LogP contribution < -0.4 is 10.6 Å². The largest absolute Gasteiger partial charge is 0.378 e. The molecular weight excluding hydrogens is 428 g/mol. The van der Waals surface area contributed by atoms with E-state index in [0.29, 0.717) is 66.2 Å². The number of imidazole rings is 1. The number of ether oxygens (including phenoxy) is 1. The Labute approximate surface area is 188 Å². The summed E-state index contributed by atoms with van der Waals surface area (Å²) in [5.41, 5.74) is 8.58. The number of carbonyl (C=O) groups is 1. The Balaban J connectivity index is 1.85. The highest BCUT2D eigenvalue weighted by atomic mass is 19.1. The lowest BCUT2D eigenvalue weighted by molar-refractivity contribution is 0.100. The fraction of sp³-hybridized carbons (Fsp3) is 0.292. The minimum Gasteiger partial charge on any atom is -0.378 e. The molecular formula is C24H23F2N5O2. The van der Waals surface area contributed by atoms with Crippen LogP contribution in [0.25, 0.3) is 27.6 Å². The van der Waals surface area contributed by atoms with E-state index in [-0.39, 0.29) is 5.52 Å². The monoisotopic (exact) mass is 451 g/mol. The molecule has 9 heteroatoms. The van der Waals surface area contributed by atoms with Gasteiger partial charge >= 0.3 is 0 Å². The van der Waals surface area contributed by atoms with Gasteiger partial charge in [0.15, 0.2) is 5.82 Å². The van der Waals surface area contributed by atoms with Crippen LogP contribution in [-0.2, 0) is 11.2 Å². The number of rotatable bonds is 5. The second-order valence-electron chi connectivity index (χ2n) is 8.05. The first-order valence-corrected chi connectivity index (χ1v) is 10.9. The minimum absolute atomic E-state index is 0.0673. The number of carbonyl (C=O) groups excluding carboxylic acids is 1. The number of pyridine rings is 1. The van der Waals surface area contributed by atoms with E-state index in [1.54, 1.807) is 12.1 Å². The van der Waals surface area contributed by atoms with Crippen LogP contribution in [0.5, 0.6) is 0 Å². The number of primary amides is 1. The molecule has 0 bridgehead atoms. The van der Waals surface area contributed by atoms with Crippen molar-refractivity contribution in [2.24, 2.45) is 5.73 Å². The fourth-order valence-corrected chi connectivity index (χ4v) is 4.42. The van der Waals surface area contributed by atoms with Gasteiger partial charge in [-0.25, -0.2) is 13.8 Å². The molecule has 2 aromatic carbocycles. The number of nitrogens with zero attached hydrogens (tertiary/aromatic N) is 4. The number of morpholine rings is 1. The Hall–Kier alpha value is -3.59. The summed E-state index contributed by atoms with van der Waals surface area (Å²) in [4.78, 5) is 23.4. The van der Waals surface area contributed by atoms with Crippen molar-refractivity contribution in [3.05, 3.63) is 59.6 Å². The molecule has 1 saturated heterocycles. The topological polar surface area (TPSA) is 86.3 Å². The van der Waals surface area contributed by atoms with Gasteiger partial charge in [-0.1, -0.05) is 6.92 Å². The third-order valence-corrected chi connectivity index (χ3v) is 5.91. The zero-order valence-corrected chi connectivity index (χ0v) is 18.1. The maximum absolute atomic E-state index is 14.5. The number of halogens is 2. The summed E-state index contributed by atoms with van der Waals surface area (Å²) in [5.74, 6) is -1.34. The third-order valence-electron chi connectivity index (χ3n) is 5.91. The second-order valence-corrected chi connectivity index (χ2v) is 8.05. The lowest BCUT2D eigenvalue weighted by atomic mass is 10.1. The van der Waals surface area contributed by atoms with Crippen LogP contribution >= 0.6 is 0 Å². The summed E-state index contributed by atoms with van der Waals surface area (Å²) in [6.45, 7) is 4.53. The Bertz CT molecular complexity index is 1380. The first-order valence-electron chi connectivity index (χ1n) is 10.9. The van der Waals surface area contributed by atoms with Crippen LogP contribution in [0.3, 0.4) is 0 Å².